The van der Waals surface area contributed by atoms with Crippen LogP contribution in [0.1, 0.15) is 34.7 Å². The highest BCUT2D eigenvalue weighted by molar-refractivity contribution is 6.10. The van der Waals surface area contributed by atoms with Crippen LogP contribution >= 0.6 is 0 Å². The van der Waals surface area contributed by atoms with Gasteiger partial charge in [-0.1, -0.05) is 53.6 Å². The van der Waals surface area contributed by atoms with Crippen LogP contribution in [0.25, 0.3) is 6.08 Å². The number of carbonyl (C=O) groups is 1. The summed E-state index contributed by atoms with van der Waals surface area (Å²) in [6.45, 7) is 8.72. The number of nitrogens with zero attached hydrogens (tertiary/aromatic N) is 1. The lowest BCUT2D eigenvalue weighted by Crippen LogP contribution is -2.14. The fraction of sp³-hybridized carbons (Fsp3) is 0.214. The standard InChI is InChI=1S/C28H28N2O3/c1-5-32-27-16-23(11-13-26(27)33-18-22-9-6-19(2)7-10-22)15-24(17-29)28(31)30-25-12-8-20(3)14-21(25)4/h6-16H,5,18H2,1-4H3,(H,30,31)/b24-15-. The highest BCUT2D eigenvalue weighted by atomic mass is 16.5. The molecule has 0 atom stereocenters. The van der Waals surface area contributed by atoms with Crippen LogP contribution in [0.4, 0.5) is 5.69 Å². The average molecular weight is 441 g/mol. The van der Waals surface area contributed by atoms with E-state index >= 15 is 0 Å². The van der Waals surface area contributed by atoms with Crippen LogP contribution < -0.4 is 14.8 Å². The molecule has 0 saturated carbocycles. The monoisotopic (exact) mass is 440 g/mol. The molecule has 5 heteroatoms. The summed E-state index contributed by atoms with van der Waals surface area (Å²) in [7, 11) is 0. The maximum atomic E-state index is 12.7. The first-order chi connectivity index (χ1) is 15.9. The smallest absolute Gasteiger partial charge is 0.266 e. The van der Waals surface area contributed by atoms with Gasteiger partial charge >= 0.3 is 0 Å². The van der Waals surface area contributed by atoms with Crippen molar-refractivity contribution in [2.75, 3.05) is 11.9 Å². The van der Waals surface area contributed by atoms with Crippen molar-refractivity contribution in [1.82, 2.24) is 0 Å². The highest BCUT2D eigenvalue weighted by Crippen LogP contribution is 2.30. The van der Waals surface area contributed by atoms with Crippen LogP contribution in [0.5, 0.6) is 11.5 Å². The fourth-order valence-corrected chi connectivity index (χ4v) is 3.31. The molecule has 0 aliphatic rings. The average Bonchev–Trinajstić information content (AvgIpc) is 2.80. The molecular weight excluding hydrogens is 412 g/mol. The quantitative estimate of drug-likeness (QED) is 0.338. The molecule has 0 saturated heterocycles. The van der Waals surface area contributed by atoms with Gasteiger partial charge in [0.25, 0.3) is 5.91 Å². The van der Waals surface area contributed by atoms with Crippen molar-refractivity contribution in [3.05, 3.63) is 94.1 Å². The molecule has 3 aromatic carbocycles. The van der Waals surface area contributed by atoms with Gasteiger partial charge in [-0.05, 0) is 68.7 Å². The normalized spacial score (nSPS) is 10.9. The molecule has 3 aromatic rings. The van der Waals surface area contributed by atoms with E-state index in [9.17, 15) is 10.1 Å². The lowest BCUT2D eigenvalue weighted by atomic mass is 10.1. The topological polar surface area (TPSA) is 71.3 Å². The summed E-state index contributed by atoms with van der Waals surface area (Å²) in [6, 6.07) is 21.2. The van der Waals surface area contributed by atoms with Gasteiger partial charge in [0.1, 0.15) is 18.2 Å². The number of nitrogens with one attached hydrogen (secondary N) is 1. The van der Waals surface area contributed by atoms with E-state index in [-0.39, 0.29) is 5.57 Å². The minimum Gasteiger partial charge on any atom is -0.490 e. The summed E-state index contributed by atoms with van der Waals surface area (Å²) in [6.07, 6.45) is 1.55. The summed E-state index contributed by atoms with van der Waals surface area (Å²) in [5.74, 6) is 0.709. The second-order valence-corrected chi connectivity index (χ2v) is 7.86. The first-order valence-electron chi connectivity index (χ1n) is 10.8. The van der Waals surface area contributed by atoms with Crippen molar-refractivity contribution in [3.63, 3.8) is 0 Å². The van der Waals surface area contributed by atoms with Gasteiger partial charge in [-0.25, -0.2) is 0 Å². The Bertz CT molecular complexity index is 1200. The van der Waals surface area contributed by atoms with Gasteiger partial charge < -0.3 is 14.8 Å². The number of nitriles is 1. The number of hydrogen-bond acceptors (Lipinski definition) is 4. The van der Waals surface area contributed by atoms with E-state index in [2.05, 4.69) is 5.32 Å². The minimum absolute atomic E-state index is 0.00532. The molecule has 0 aromatic heterocycles. The zero-order valence-electron chi connectivity index (χ0n) is 19.4. The van der Waals surface area contributed by atoms with Crippen LogP contribution in [0.3, 0.4) is 0 Å². The van der Waals surface area contributed by atoms with Crippen molar-refractivity contribution in [3.8, 4) is 17.6 Å². The fourth-order valence-electron chi connectivity index (χ4n) is 3.31. The van der Waals surface area contributed by atoms with Crippen molar-refractivity contribution < 1.29 is 14.3 Å². The summed E-state index contributed by atoms with van der Waals surface area (Å²) in [4.78, 5) is 12.7. The number of carbonyl (C=O) groups excluding carboxylic acids is 1. The lowest BCUT2D eigenvalue weighted by Gasteiger charge is -2.13. The third kappa shape index (κ3) is 6.47. The number of benzene rings is 3. The third-order valence-corrected chi connectivity index (χ3v) is 5.09. The van der Waals surface area contributed by atoms with Crippen LogP contribution in [0.2, 0.25) is 0 Å². The van der Waals surface area contributed by atoms with Crippen molar-refractivity contribution in [1.29, 1.82) is 5.26 Å². The third-order valence-electron chi connectivity index (χ3n) is 5.09. The van der Waals surface area contributed by atoms with Crippen LogP contribution in [-0.2, 0) is 11.4 Å². The predicted octanol–water partition coefficient (Wildman–Crippen LogP) is 6.14. The molecule has 0 aliphatic heterocycles. The maximum absolute atomic E-state index is 12.7. The number of ether oxygens (including phenoxy) is 2. The molecule has 0 unspecified atom stereocenters. The summed E-state index contributed by atoms with van der Waals surface area (Å²) in [5, 5.41) is 12.4. The van der Waals surface area contributed by atoms with E-state index in [0.717, 1.165) is 16.7 Å². The second kappa shape index (κ2) is 11.0. The number of hydrogen-bond donors (Lipinski definition) is 1. The van der Waals surface area contributed by atoms with E-state index < -0.39 is 5.91 Å². The van der Waals surface area contributed by atoms with E-state index in [0.29, 0.717) is 36.0 Å². The summed E-state index contributed by atoms with van der Waals surface area (Å²) >= 11 is 0. The second-order valence-electron chi connectivity index (χ2n) is 7.86. The van der Waals surface area contributed by atoms with E-state index in [1.165, 1.54) is 5.56 Å². The molecule has 0 fully saturated rings. The van der Waals surface area contributed by atoms with E-state index in [1.807, 2.05) is 76.2 Å². The van der Waals surface area contributed by atoms with Gasteiger partial charge in [-0.2, -0.15) is 5.26 Å². The summed E-state index contributed by atoms with van der Waals surface area (Å²) in [5.41, 5.74) is 5.66. The Kier molecular flexibility index (Phi) is 7.88. The Hall–Kier alpha value is -4.04. The van der Waals surface area contributed by atoms with Crippen LogP contribution in [-0.4, -0.2) is 12.5 Å². The van der Waals surface area contributed by atoms with Crippen molar-refractivity contribution >= 4 is 17.7 Å². The van der Waals surface area contributed by atoms with Gasteiger partial charge in [0, 0.05) is 5.69 Å². The Balaban J connectivity index is 1.78. The molecule has 168 valence electrons. The number of anilines is 1. The Labute approximate surface area is 195 Å². The zero-order valence-corrected chi connectivity index (χ0v) is 19.4. The van der Waals surface area contributed by atoms with Crippen molar-refractivity contribution in [2.45, 2.75) is 34.3 Å². The largest absolute Gasteiger partial charge is 0.490 e. The lowest BCUT2D eigenvalue weighted by molar-refractivity contribution is -0.112. The van der Waals surface area contributed by atoms with Gasteiger partial charge in [-0.3, -0.25) is 4.79 Å². The number of rotatable bonds is 8. The Morgan fingerprint density at radius 1 is 0.939 bits per heavy atom. The first kappa shape index (κ1) is 23.6. The molecule has 0 heterocycles. The maximum Gasteiger partial charge on any atom is 0.266 e. The van der Waals surface area contributed by atoms with E-state index in [4.69, 9.17) is 9.47 Å². The van der Waals surface area contributed by atoms with Crippen LogP contribution in [0.15, 0.2) is 66.2 Å². The van der Waals surface area contributed by atoms with Gasteiger partial charge in [0.05, 0.1) is 6.61 Å². The van der Waals surface area contributed by atoms with Gasteiger partial charge in [-0.15, -0.1) is 0 Å². The SMILES string of the molecule is CCOc1cc(/C=C(/C#N)C(=O)Nc2ccc(C)cc2C)ccc1OCc1ccc(C)cc1. The zero-order chi connectivity index (χ0) is 23.8. The van der Waals surface area contributed by atoms with Gasteiger partial charge in [0.2, 0.25) is 0 Å². The minimum atomic E-state index is -0.456. The molecule has 1 amide bonds. The Morgan fingerprint density at radius 2 is 1.67 bits per heavy atom. The molecule has 0 aliphatic carbocycles. The molecule has 0 bridgehead atoms. The number of amides is 1. The molecule has 3 rings (SSSR count). The number of aryl methyl sites for hydroxylation is 3. The first-order valence-corrected chi connectivity index (χ1v) is 10.8. The molecule has 1 N–H and O–H groups in total. The van der Waals surface area contributed by atoms with Gasteiger partial charge in [0.15, 0.2) is 11.5 Å². The van der Waals surface area contributed by atoms with Crippen LogP contribution in [0, 0.1) is 32.1 Å². The molecule has 0 radical (unpaired) electrons. The molecular formula is C28H28N2O3. The molecule has 0 spiro atoms. The van der Waals surface area contributed by atoms with Crippen molar-refractivity contribution in [2.24, 2.45) is 0 Å². The molecule has 5 nitrogen and oxygen atoms in total. The Morgan fingerprint density at radius 3 is 2.33 bits per heavy atom. The van der Waals surface area contributed by atoms with E-state index in [1.54, 1.807) is 24.3 Å². The molecule has 33 heavy (non-hydrogen) atoms. The summed E-state index contributed by atoms with van der Waals surface area (Å²) < 4.78 is 11.7. The highest BCUT2D eigenvalue weighted by Gasteiger charge is 2.13. The predicted molar refractivity (Wildman–Crippen MR) is 131 cm³/mol.